The molecule has 0 fully saturated rings. The smallest absolute Gasteiger partial charge is 0.358 e. The molecule has 0 amide bonds. The van der Waals surface area contributed by atoms with Crippen molar-refractivity contribution in [3.63, 3.8) is 0 Å². The highest BCUT2D eigenvalue weighted by Crippen LogP contribution is 2.07. The van der Waals surface area contributed by atoms with Gasteiger partial charge < -0.3 is 9.63 Å². The van der Waals surface area contributed by atoms with Crippen molar-refractivity contribution in [1.82, 2.24) is 25.1 Å². The van der Waals surface area contributed by atoms with Gasteiger partial charge in [0, 0.05) is 6.42 Å². The molecule has 0 aliphatic heterocycles. The third kappa shape index (κ3) is 3.11. The van der Waals surface area contributed by atoms with Crippen LogP contribution in [0.4, 0.5) is 0 Å². The zero-order valence-electron chi connectivity index (χ0n) is 10.9. The number of aromatic nitrogens is 5. The third-order valence-corrected chi connectivity index (χ3v) is 2.77. The van der Waals surface area contributed by atoms with Crippen LogP contribution in [0.2, 0.25) is 0 Å². The van der Waals surface area contributed by atoms with Crippen LogP contribution in [0, 0.1) is 0 Å². The number of rotatable bonds is 5. The van der Waals surface area contributed by atoms with E-state index in [1.54, 1.807) is 0 Å². The Morgan fingerprint density at radius 2 is 2.10 bits per heavy atom. The number of carboxylic acid groups (broad SMARTS) is 1. The molecule has 106 valence electrons. The summed E-state index contributed by atoms with van der Waals surface area (Å²) in [5.41, 5.74) is 0.956. The largest absolute Gasteiger partial charge is 0.476 e. The van der Waals surface area contributed by atoms with Crippen LogP contribution in [0.25, 0.3) is 0 Å². The van der Waals surface area contributed by atoms with Crippen LogP contribution in [0.3, 0.4) is 0 Å². The highest BCUT2D eigenvalue weighted by Gasteiger charge is 2.12. The number of hydrogen-bond acceptors (Lipinski definition) is 6. The quantitative estimate of drug-likeness (QED) is 0.745. The first-order valence-electron chi connectivity index (χ1n) is 6.19. The van der Waals surface area contributed by atoms with E-state index in [0.29, 0.717) is 18.1 Å². The van der Waals surface area contributed by atoms with Crippen molar-refractivity contribution >= 4 is 5.97 Å². The van der Waals surface area contributed by atoms with Crippen molar-refractivity contribution in [2.45, 2.75) is 13.0 Å². The normalized spacial score (nSPS) is 10.7. The lowest BCUT2D eigenvalue weighted by Gasteiger charge is -1.94. The zero-order chi connectivity index (χ0) is 14.7. The van der Waals surface area contributed by atoms with E-state index in [4.69, 9.17) is 9.63 Å². The van der Waals surface area contributed by atoms with Gasteiger partial charge in [0.15, 0.2) is 11.5 Å². The van der Waals surface area contributed by atoms with Gasteiger partial charge in [-0.1, -0.05) is 40.7 Å². The van der Waals surface area contributed by atoms with Gasteiger partial charge in [-0.2, -0.15) is 4.98 Å². The summed E-state index contributed by atoms with van der Waals surface area (Å²) in [6.07, 6.45) is 1.88. The van der Waals surface area contributed by atoms with Crippen LogP contribution >= 0.6 is 0 Å². The predicted octanol–water partition coefficient (Wildman–Crippen LogP) is 0.998. The van der Waals surface area contributed by atoms with E-state index in [1.165, 1.54) is 10.9 Å². The van der Waals surface area contributed by atoms with Crippen molar-refractivity contribution < 1.29 is 14.4 Å². The second kappa shape index (κ2) is 5.53. The number of nitrogens with zero attached hydrogens (tertiary/aromatic N) is 5. The average molecular weight is 285 g/mol. The maximum Gasteiger partial charge on any atom is 0.358 e. The molecule has 21 heavy (non-hydrogen) atoms. The minimum Gasteiger partial charge on any atom is -0.476 e. The molecular weight excluding hydrogens is 274 g/mol. The lowest BCUT2D eigenvalue weighted by atomic mass is 10.1. The Hall–Kier alpha value is -3.03. The van der Waals surface area contributed by atoms with Crippen molar-refractivity contribution in [2.24, 2.45) is 0 Å². The SMILES string of the molecule is O=C(O)c1cn(Cc2nc(Cc3ccccc3)no2)nn1. The van der Waals surface area contributed by atoms with Crippen LogP contribution in [-0.2, 0) is 13.0 Å². The molecule has 8 nitrogen and oxygen atoms in total. The summed E-state index contributed by atoms with van der Waals surface area (Å²) in [6, 6.07) is 9.79. The van der Waals surface area contributed by atoms with Crippen LogP contribution in [-0.4, -0.2) is 36.2 Å². The predicted molar refractivity (Wildman–Crippen MR) is 69.6 cm³/mol. The molecular formula is C13H11N5O3. The van der Waals surface area contributed by atoms with Crippen LogP contribution < -0.4 is 0 Å². The van der Waals surface area contributed by atoms with Gasteiger partial charge in [0.05, 0.1) is 6.20 Å². The first-order chi connectivity index (χ1) is 10.2. The highest BCUT2D eigenvalue weighted by atomic mass is 16.5. The maximum absolute atomic E-state index is 10.7. The molecule has 1 N–H and O–H groups in total. The molecule has 0 atom stereocenters. The lowest BCUT2D eigenvalue weighted by Crippen LogP contribution is -2.01. The van der Waals surface area contributed by atoms with E-state index in [0.717, 1.165) is 5.56 Å². The van der Waals surface area contributed by atoms with Crippen molar-refractivity contribution in [2.75, 3.05) is 0 Å². The van der Waals surface area contributed by atoms with Crippen LogP contribution in [0.5, 0.6) is 0 Å². The Bertz CT molecular complexity index is 750. The molecule has 1 aromatic carbocycles. The number of carboxylic acids is 1. The summed E-state index contributed by atoms with van der Waals surface area (Å²) in [5, 5.41) is 19.8. The fraction of sp³-hybridized carbons (Fsp3) is 0.154. The summed E-state index contributed by atoms with van der Waals surface area (Å²) in [6.45, 7) is 0.183. The summed E-state index contributed by atoms with van der Waals surface area (Å²) in [7, 11) is 0. The fourth-order valence-corrected chi connectivity index (χ4v) is 1.82. The minimum absolute atomic E-state index is 0.126. The Morgan fingerprint density at radius 3 is 2.81 bits per heavy atom. The first-order valence-corrected chi connectivity index (χ1v) is 6.19. The molecule has 0 spiro atoms. The van der Waals surface area contributed by atoms with Crippen molar-refractivity contribution in [3.8, 4) is 0 Å². The third-order valence-electron chi connectivity index (χ3n) is 2.77. The van der Waals surface area contributed by atoms with Crippen LogP contribution in [0.1, 0.15) is 27.8 Å². The molecule has 2 heterocycles. The monoisotopic (exact) mass is 285 g/mol. The Labute approximate surface area is 119 Å². The Kier molecular flexibility index (Phi) is 3.42. The summed E-state index contributed by atoms with van der Waals surface area (Å²) < 4.78 is 6.45. The van der Waals surface area contributed by atoms with E-state index in [2.05, 4.69) is 20.5 Å². The van der Waals surface area contributed by atoms with Gasteiger partial charge in [0.2, 0.25) is 5.89 Å². The van der Waals surface area contributed by atoms with Gasteiger partial charge in [-0.25, -0.2) is 9.48 Å². The highest BCUT2D eigenvalue weighted by molar-refractivity contribution is 5.84. The van der Waals surface area contributed by atoms with Crippen LogP contribution in [0.15, 0.2) is 41.1 Å². The molecule has 0 bridgehead atoms. The topological polar surface area (TPSA) is 107 Å². The van der Waals surface area contributed by atoms with Gasteiger partial charge >= 0.3 is 5.97 Å². The zero-order valence-corrected chi connectivity index (χ0v) is 10.9. The second-order valence-corrected chi connectivity index (χ2v) is 4.37. The molecule has 2 aromatic heterocycles. The molecule has 0 unspecified atom stereocenters. The molecule has 8 heteroatoms. The molecule has 3 aromatic rings. The van der Waals surface area contributed by atoms with Gasteiger partial charge in [-0.15, -0.1) is 5.10 Å². The summed E-state index contributed by atoms with van der Waals surface area (Å²) >= 11 is 0. The number of aromatic carboxylic acids is 1. The van der Waals surface area contributed by atoms with Gasteiger partial charge in [0.1, 0.15) is 6.54 Å². The Balaban J connectivity index is 1.68. The standard InChI is InChI=1S/C13H11N5O3/c19-13(20)10-7-18(17-15-10)8-12-14-11(16-21-12)6-9-4-2-1-3-5-9/h1-5,7H,6,8H2,(H,19,20). The van der Waals surface area contributed by atoms with E-state index in [9.17, 15) is 4.79 Å². The second-order valence-electron chi connectivity index (χ2n) is 4.37. The van der Waals surface area contributed by atoms with Crippen molar-refractivity contribution in [3.05, 3.63) is 59.5 Å². The van der Waals surface area contributed by atoms with Gasteiger partial charge in [0.25, 0.3) is 0 Å². The van der Waals surface area contributed by atoms with Gasteiger partial charge in [-0.3, -0.25) is 0 Å². The number of carbonyl (C=O) groups is 1. The lowest BCUT2D eigenvalue weighted by molar-refractivity contribution is 0.0690. The fourth-order valence-electron chi connectivity index (χ4n) is 1.82. The molecule has 3 rings (SSSR count). The summed E-state index contributed by atoms with van der Waals surface area (Å²) in [5.74, 6) is -0.214. The van der Waals surface area contributed by atoms with E-state index in [1.807, 2.05) is 30.3 Å². The Morgan fingerprint density at radius 1 is 1.29 bits per heavy atom. The van der Waals surface area contributed by atoms with E-state index in [-0.39, 0.29) is 12.2 Å². The maximum atomic E-state index is 10.7. The molecule has 0 aliphatic carbocycles. The van der Waals surface area contributed by atoms with E-state index >= 15 is 0 Å². The van der Waals surface area contributed by atoms with E-state index < -0.39 is 5.97 Å². The molecule has 0 saturated carbocycles. The average Bonchev–Trinajstić information content (AvgIpc) is 3.10. The first kappa shape index (κ1) is 13.0. The molecule has 0 aliphatic rings. The number of hydrogen-bond donors (Lipinski definition) is 1. The van der Waals surface area contributed by atoms with Crippen molar-refractivity contribution in [1.29, 1.82) is 0 Å². The molecule has 0 radical (unpaired) electrons. The number of benzene rings is 1. The minimum atomic E-state index is -1.13. The van der Waals surface area contributed by atoms with Gasteiger partial charge in [-0.05, 0) is 5.56 Å². The summed E-state index contributed by atoms with van der Waals surface area (Å²) in [4.78, 5) is 14.9. The molecule has 0 saturated heterocycles.